The van der Waals surface area contributed by atoms with Gasteiger partial charge in [-0.25, -0.2) is 9.59 Å². The van der Waals surface area contributed by atoms with Crippen LogP contribution in [0.1, 0.15) is 24.0 Å². The van der Waals surface area contributed by atoms with Crippen molar-refractivity contribution in [2.45, 2.75) is 18.9 Å². The average molecular weight is 368 g/mol. The van der Waals surface area contributed by atoms with Gasteiger partial charge in [-0.15, -0.1) is 0 Å². The predicted molar refractivity (Wildman–Crippen MR) is 95.1 cm³/mol. The minimum atomic E-state index is -1.11. The van der Waals surface area contributed by atoms with Gasteiger partial charge in [-0.3, -0.25) is 0 Å². The summed E-state index contributed by atoms with van der Waals surface area (Å²) in [6, 6.07) is 11.0. The normalized spacial score (nSPS) is 18.1. The van der Waals surface area contributed by atoms with Gasteiger partial charge in [0.2, 0.25) is 6.10 Å². The lowest BCUT2D eigenvalue weighted by molar-refractivity contribution is -0.151. The highest BCUT2D eigenvalue weighted by Crippen LogP contribution is 2.45. The summed E-state index contributed by atoms with van der Waals surface area (Å²) in [5, 5.41) is 20.0. The molecule has 0 amide bonds. The SMILES string of the molecule is CCOC(=O)C1Oc2c(c(=O)oc3ccccc23)C1c1ccc(O)c(O)c1. The van der Waals surface area contributed by atoms with E-state index >= 15 is 0 Å². The molecule has 2 aromatic carbocycles. The van der Waals surface area contributed by atoms with Gasteiger partial charge in [-0.1, -0.05) is 18.2 Å². The van der Waals surface area contributed by atoms with Gasteiger partial charge in [-0.2, -0.15) is 0 Å². The lowest BCUT2D eigenvalue weighted by Crippen LogP contribution is -2.32. The predicted octanol–water partition coefficient (Wildman–Crippen LogP) is 2.66. The van der Waals surface area contributed by atoms with E-state index in [4.69, 9.17) is 13.9 Å². The molecule has 3 aromatic rings. The van der Waals surface area contributed by atoms with E-state index in [9.17, 15) is 19.8 Å². The molecule has 7 heteroatoms. The fourth-order valence-electron chi connectivity index (χ4n) is 3.36. The molecule has 0 fully saturated rings. The number of ether oxygens (including phenoxy) is 2. The van der Waals surface area contributed by atoms with E-state index in [-0.39, 0.29) is 29.4 Å². The lowest BCUT2D eigenvalue weighted by Gasteiger charge is -2.17. The Labute approximate surface area is 153 Å². The zero-order valence-electron chi connectivity index (χ0n) is 14.3. The van der Waals surface area contributed by atoms with Gasteiger partial charge in [0.25, 0.3) is 0 Å². The molecule has 27 heavy (non-hydrogen) atoms. The summed E-state index contributed by atoms with van der Waals surface area (Å²) in [6.07, 6.45) is -1.11. The molecular weight excluding hydrogens is 352 g/mol. The molecule has 0 saturated carbocycles. The highest BCUT2D eigenvalue weighted by atomic mass is 16.6. The van der Waals surface area contributed by atoms with Crippen molar-refractivity contribution in [3.05, 3.63) is 64.0 Å². The van der Waals surface area contributed by atoms with Gasteiger partial charge in [0, 0.05) is 0 Å². The van der Waals surface area contributed by atoms with Crippen molar-refractivity contribution in [1.82, 2.24) is 0 Å². The Morgan fingerprint density at radius 2 is 1.93 bits per heavy atom. The van der Waals surface area contributed by atoms with E-state index in [1.54, 1.807) is 31.2 Å². The van der Waals surface area contributed by atoms with E-state index in [2.05, 4.69) is 0 Å². The molecule has 0 spiro atoms. The fourth-order valence-corrected chi connectivity index (χ4v) is 3.36. The number of fused-ring (bicyclic) bond motifs is 3. The summed E-state index contributed by atoms with van der Waals surface area (Å²) in [5.74, 6) is -1.89. The van der Waals surface area contributed by atoms with E-state index in [0.29, 0.717) is 16.5 Å². The number of benzene rings is 2. The largest absolute Gasteiger partial charge is 0.504 e. The third-order valence-corrected chi connectivity index (χ3v) is 4.53. The van der Waals surface area contributed by atoms with Crippen LogP contribution in [0.15, 0.2) is 51.7 Å². The smallest absolute Gasteiger partial charge is 0.348 e. The molecule has 2 atom stereocenters. The Morgan fingerprint density at radius 3 is 2.67 bits per heavy atom. The first-order valence-electron chi connectivity index (χ1n) is 8.42. The van der Waals surface area contributed by atoms with Crippen LogP contribution in [0.4, 0.5) is 0 Å². The number of para-hydroxylation sites is 1. The van der Waals surface area contributed by atoms with Crippen molar-refractivity contribution in [2.24, 2.45) is 0 Å². The van der Waals surface area contributed by atoms with Crippen LogP contribution in [0.25, 0.3) is 11.0 Å². The van der Waals surface area contributed by atoms with Crippen LogP contribution in [0.2, 0.25) is 0 Å². The Morgan fingerprint density at radius 1 is 1.15 bits per heavy atom. The molecule has 1 aliphatic rings. The van der Waals surface area contributed by atoms with Crippen LogP contribution in [0.5, 0.6) is 17.2 Å². The summed E-state index contributed by atoms with van der Waals surface area (Å²) in [4.78, 5) is 25.2. The van der Waals surface area contributed by atoms with Crippen LogP contribution in [0.3, 0.4) is 0 Å². The monoisotopic (exact) mass is 368 g/mol. The molecular formula is C20H16O7. The van der Waals surface area contributed by atoms with Crippen LogP contribution in [-0.4, -0.2) is 28.9 Å². The van der Waals surface area contributed by atoms with Crippen molar-refractivity contribution < 1.29 is 28.9 Å². The summed E-state index contributed by atoms with van der Waals surface area (Å²) < 4.78 is 16.4. The molecule has 2 N–H and O–H groups in total. The Hall–Kier alpha value is -3.48. The topological polar surface area (TPSA) is 106 Å². The van der Waals surface area contributed by atoms with Gasteiger partial charge in [-0.05, 0) is 36.8 Å². The number of rotatable bonds is 3. The Balaban J connectivity index is 1.96. The summed E-state index contributed by atoms with van der Waals surface area (Å²) in [6.45, 7) is 1.82. The lowest BCUT2D eigenvalue weighted by atomic mass is 9.88. The zero-order valence-corrected chi connectivity index (χ0v) is 14.3. The number of hydrogen-bond donors (Lipinski definition) is 2. The highest BCUT2D eigenvalue weighted by Gasteiger charge is 2.45. The molecule has 1 aromatic heterocycles. The molecule has 2 unspecified atom stereocenters. The summed E-state index contributed by atoms with van der Waals surface area (Å²) in [5.41, 5.74) is 0.313. The van der Waals surface area contributed by atoms with E-state index in [1.165, 1.54) is 18.2 Å². The Kier molecular flexibility index (Phi) is 3.99. The maximum Gasteiger partial charge on any atom is 0.348 e. The number of aromatic hydroxyl groups is 2. The number of esters is 1. The minimum absolute atomic E-state index is 0.151. The van der Waals surface area contributed by atoms with Crippen molar-refractivity contribution in [3.8, 4) is 17.2 Å². The molecule has 7 nitrogen and oxygen atoms in total. The Bertz CT molecular complexity index is 1100. The third-order valence-electron chi connectivity index (χ3n) is 4.53. The van der Waals surface area contributed by atoms with Gasteiger partial charge >= 0.3 is 11.6 Å². The number of carbonyl (C=O) groups is 1. The highest BCUT2D eigenvalue weighted by molar-refractivity contribution is 5.88. The van der Waals surface area contributed by atoms with Gasteiger partial charge in [0.15, 0.2) is 11.5 Å². The second-order valence-electron chi connectivity index (χ2n) is 6.14. The molecule has 4 rings (SSSR count). The minimum Gasteiger partial charge on any atom is -0.504 e. The number of carbonyl (C=O) groups excluding carboxylic acids is 1. The second kappa shape index (κ2) is 6.35. The van der Waals surface area contributed by atoms with Crippen LogP contribution >= 0.6 is 0 Å². The molecule has 0 radical (unpaired) electrons. The average Bonchev–Trinajstić information content (AvgIpc) is 3.06. The second-order valence-corrected chi connectivity index (χ2v) is 6.14. The molecule has 0 bridgehead atoms. The van der Waals surface area contributed by atoms with Crippen LogP contribution in [-0.2, 0) is 9.53 Å². The maximum atomic E-state index is 12.7. The number of phenols is 2. The molecule has 1 aliphatic heterocycles. The van der Waals surface area contributed by atoms with E-state index in [1.807, 2.05) is 0 Å². The van der Waals surface area contributed by atoms with E-state index < -0.39 is 23.6 Å². The van der Waals surface area contributed by atoms with Crippen molar-refractivity contribution >= 4 is 16.9 Å². The number of hydrogen-bond acceptors (Lipinski definition) is 7. The van der Waals surface area contributed by atoms with Crippen LogP contribution < -0.4 is 10.4 Å². The van der Waals surface area contributed by atoms with Crippen LogP contribution in [0, 0.1) is 0 Å². The van der Waals surface area contributed by atoms with Crippen molar-refractivity contribution in [1.29, 1.82) is 0 Å². The molecule has 0 aliphatic carbocycles. The van der Waals surface area contributed by atoms with Gasteiger partial charge < -0.3 is 24.1 Å². The summed E-state index contributed by atoms with van der Waals surface area (Å²) >= 11 is 0. The quantitative estimate of drug-likeness (QED) is 0.416. The molecule has 138 valence electrons. The van der Waals surface area contributed by atoms with Gasteiger partial charge in [0.1, 0.15) is 11.3 Å². The van der Waals surface area contributed by atoms with Crippen molar-refractivity contribution in [2.75, 3.05) is 6.61 Å². The first-order valence-corrected chi connectivity index (χ1v) is 8.42. The summed E-state index contributed by atoms with van der Waals surface area (Å²) in [7, 11) is 0. The first-order chi connectivity index (χ1) is 13.0. The molecule has 2 heterocycles. The van der Waals surface area contributed by atoms with E-state index in [0.717, 1.165) is 0 Å². The maximum absolute atomic E-state index is 12.7. The fraction of sp³-hybridized carbons (Fsp3) is 0.200. The third kappa shape index (κ3) is 2.68. The number of phenolic OH excluding ortho intramolecular Hbond substituents is 2. The first kappa shape index (κ1) is 17.0. The van der Waals surface area contributed by atoms with Gasteiger partial charge in [0.05, 0.1) is 23.5 Å². The molecule has 0 saturated heterocycles. The van der Waals surface area contributed by atoms with Crippen molar-refractivity contribution in [3.63, 3.8) is 0 Å². The standard InChI is InChI=1S/C20H16O7/c1-2-25-20(24)18-15(10-7-8-12(21)13(22)9-10)16-17(27-18)11-5-3-4-6-14(11)26-19(16)23/h3-9,15,18,21-22H,2H2,1H3. The zero-order chi connectivity index (χ0) is 19.1.